The van der Waals surface area contributed by atoms with Crippen molar-refractivity contribution in [3.8, 4) is 17.2 Å². The van der Waals surface area contributed by atoms with Gasteiger partial charge in [-0.05, 0) is 30.3 Å². The van der Waals surface area contributed by atoms with Crippen molar-refractivity contribution in [3.05, 3.63) is 36.5 Å². The molecule has 0 aliphatic carbocycles. The first kappa shape index (κ1) is 15.3. The highest BCUT2D eigenvalue weighted by Gasteiger charge is 2.12. The van der Waals surface area contributed by atoms with E-state index in [1.165, 1.54) is 7.11 Å². The number of benzene rings is 1. The zero-order valence-electron chi connectivity index (χ0n) is 12.8. The van der Waals surface area contributed by atoms with Gasteiger partial charge in [-0.15, -0.1) is 0 Å². The van der Waals surface area contributed by atoms with Crippen LogP contribution in [0.5, 0.6) is 5.75 Å². The Hall–Kier alpha value is -3.62. The molecule has 0 fully saturated rings. The van der Waals surface area contributed by atoms with Gasteiger partial charge in [-0.25, -0.2) is 9.98 Å². The molecule has 0 unspecified atom stereocenters. The van der Waals surface area contributed by atoms with Crippen molar-refractivity contribution in [2.75, 3.05) is 7.11 Å². The minimum atomic E-state index is -0.184. The number of guanidine groups is 2. The van der Waals surface area contributed by atoms with Crippen molar-refractivity contribution in [1.29, 1.82) is 0 Å². The van der Waals surface area contributed by atoms with Gasteiger partial charge in [-0.3, -0.25) is 0 Å². The van der Waals surface area contributed by atoms with E-state index in [1.807, 2.05) is 0 Å². The number of hydrogen-bond donors (Lipinski definition) is 3. The van der Waals surface area contributed by atoms with Gasteiger partial charge in [0.2, 0.25) is 11.9 Å². The molecule has 122 valence electrons. The molecular formula is C15H15N7O2. The molecule has 0 radical (unpaired) electrons. The van der Waals surface area contributed by atoms with E-state index in [4.69, 9.17) is 26.4 Å². The molecule has 3 aromatic rings. The lowest BCUT2D eigenvalue weighted by molar-refractivity contribution is 0.416. The predicted octanol–water partition coefficient (Wildman–Crippen LogP) is 1.12. The fourth-order valence-corrected chi connectivity index (χ4v) is 2.08. The third-order valence-electron chi connectivity index (χ3n) is 3.07. The van der Waals surface area contributed by atoms with Crippen LogP contribution in [0.25, 0.3) is 22.7 Å². The number of aromatic nitrogens is 2. The van der Waals surface area contributed by atoms with Crippen molar-refractivity contribution in [1.82, 2.24) is 9.97 Å². The molecule has 0 amide bonds. The number of aliphatic imine (C=N–C) groups is 2. The summed E-state index contributed by atoms with van der Waals surface area (Å²) in [5.41, 5.74) is 18.5. The highest BCUT2D eigenvalue weighted by Crippen LogP contribution is 2.33. The van der Waals surface area contributed by atoms with Gasteiger partial charge in [0.05, 0.1) is 7.11 Å². The van der Waals surface area contributed by atoms with E-state index in [2.05, 4.69) is 20.0 Å². The minimum Gasteiger partial charge on any atom is -0.494 e. The van der Waals surface area contributed by atoms with Crippen LogP contribution in [0, 0.1) is 0 Å². The van der Waals surface area contributed by atoms with E-state index in [0.29, 0.717) is 34.1 Å². The van der Waals surface area contributed by atoms with Crippen molar-refractivity contribution in [2.24, 2.45) is 27.2 Å². The lowest BCUT2D eigenvalue weighted by atomic mass is 10.2. The molecule has 9 heteroatoms. The fraction of sp³-hybridized carbons (Fsp3) is 0.0667. The van der Waals surface area contributed by atoms with Crippen LogP contribution in [0.3, 0.4) is 0 Å². The number of hydrogen-bond acceptors (Lipinski definition) is 5. The maximum absolute atomic E-state index is 5.69. The monoisotopic (exact) mass is 325 g/mol. The smallest absolute Gasteiger partial charge is 0.228 e. The van der Waals surface area contributed by atoms with E-state index in [1.54, 1.807) is 36.5 Å². The minimum absolute atomic E-state index is 0.0929. The van der Waals surface area contributed by atoms with Crippen LogP contribution < -0.4 is 21.9 Å². The molecule has 3 rings (SSSR count). The molecule has 24 heavy (non-hydrogen) atoms. The van der Waals surface area contributed by atoms with Gasteiger partial charge in [-0.1, -0.05) is 0 Å². The largest absolute Gasteiger partial charge is 0.494 e. The molecule has 0 spiro atoms. The quantitative estimate of drug-likeness (QED) is 0.482. The molecule has 0 saturated carbocycles. The summed E-state index contributed by atoms with van der Waals surface area (Å²) in [5.74, 6) is 0.631. The first-order valence-electron chi connectivity index (χ1n) is 6.90. The Kier molecular flexibility index (Phi) is 3.98. The van der Waals surface area contributed by atoms with E-state index < -0.39 is 0 Å². The van der Waals surface area contributed by atoms with Gasteiger partial charge in [0.25, 0.3) is 0 Å². The number of nitrogens with zero attached hydrogens (tertiary/aromatic N) is 4. The van der Waals surface area contributed by atoms with Crippen molar-refractivity contribution in [3.63, 3.8) is 0 Å². The molecule has 6 N–H and O–H groups in total. The van der Waals surface area contributed by atoms with Crippen molar-refractivity contribution in [2.45, 2.75) is 0 Å². The average Bonchev–Trinajstić information content (AvgIpc) is 2.98. The number of pyridine rings is 1. The maximum Gasteiger partial charge on any atom is 0.228 e. The third-order valence-corrected chi connectivity index (χ3v) is 3.07. The van der Waals surface area contributed by atoms with Gasteiger partial charge in [-0.2, -0.15) is 9.98 Å². The number of ether oxygens (including phenoxy) is 1. The Morgan fingerprint density at radius 3 is 2.75 bits per heavy atom. The number of nitrogens with two attached hydrogens (primary N) is 3. The van der Waals surface area contributed by atoms with Crippen LogP contribution in [-0.2, 0) is 0 Å². The average molecular weight is 325 g/mol. The van der Waals surface area contributed by atoms with Crippen LogP contribution in [0.15, 0.2) is 50.9 Å². The molecule has 2 aromatic heterocycles. The van der Waals surface area contributed by atoms with Crippen LogP contribution >= 0.6 is 0 Å². The normalized spacial score (nSPS) is 11.5. The molecule has 0 aliphatic rings. The van der Waals surface area contributed by atoms with Gasteiger partial charge < -0.3 is 26.4 Å². The first-order valence-corrected chi connectivity index (χ1v) is 6.90. The molecule has 2 heterocycles. The van der Waals surface area contributed by atoms with Crippen LogP contribution in [-0.4, -0.2) is 29.0 Å². The summed E-state index contributed by atoms with van der Waals surface area (Å²) >= 11 is 0. The fourth-order valence-electron chi connectivity index (χ4n) is 2.08. The van der Waals surface area contributed by atoms with Gasteiger partial charge in [0.15, 0.2) is 17.2 Å². The molecule has 0 bridgehead atoms. The summed E-state index contributed by atoms with van der Waals surface area (Å²) in [6.45, 7) is 0. The lowest BCUT2D eigenvalue weighted by Gasteiger charge is -2.06. The Morgan fingerprint density at radius 2 is 2.04 bits per heavy atom. The summed E-state index contributed by atoms with van der Waals surface area (Å²) in [5, 5.41) is 0. The Labute approximate surface area is 136 Å². The van der Waals surface area contributed by atoms with Gasteiger partial charge >= 0.3 is 0 Å². The topological polar surface area (TPSA) is 151 Å². The third kappa shape index (κ3) is 3.09. The van der Waals surface area contributed by atoms with Gasteiger partial charge in [0.1, 0.15) is 11.4 Å². The second kappa shape index (κ2) is 6.24. The predicted molar refractivity (Wildman–Crippen MR) is 90.9 cm³/mol. The Morgan fingerprint density at radius 1 is 1.21 bits per heavy atom. The SMILES string of the molecule is COc1ccc(-c2nc3ncccc3o2)cc1N=C(N)N=C(N)N. The first-order chi connectivity index (χ1) is 11.6. The number of methoxy groups -OCH3 is 1. The summed E-state index contributed by atoms with van der Waals surface area (Å²) in [4.78, 5) is 16.3. The number of rotatable bonds is 3. The highest BCUT2D eigenvalue weighted by molar-refractivity contribution is 5.94. The summed E-state index contributed by atoms with van der Waals surface area (Å²) < 4.78 is 11.0. The van der Waals surface area contributed by atoms with Crippen molar-refractivity contribution >= 4 is 28.8 Å². The van der Waals surface area contributed by atoms with Gasteiger partial charge in [0, 0.05) is 11.8 Å². The summed E-state index contributed by atoms with van der Waals surface area (Å²) in [6.07, 6.45) is 1.65. The molecule has 0 aliphatic heterocycles. The maximum atomic E-state index is 5.69. The van der Waals surface area contributed by atoms with E-state index in [-0.39, 0.29) is 11.9 Å². The standard InChI is InChI=1S/C15H15N7O2/c1-23-10-5-4-8(7-9(10)20-15(18)22-14(16)17)13-21-12-11(24-13)3-2-6-19-12/h2-7H,1H3,(H6,16,17,18,20,22). The second-order valence-corrected chi connectivity index (χ2v) is 4.74. The molecule has 9 nitrogen and oxygen atoms in total. The zero-order chi connectivity index (χ0) is 17.1. The molecular weight excluding hydrogens is 310 g/mol. The second-order valence-electron chi connectivity index (χ2n) is 4.74. The van der Waals surface area contributed by atoms with Crippen LogP contribution in [0.4, 0.5) is 5.69 Å². The number of oxazole rings is 1. The highest BCUT2D eigenvalue weighted by atomic mass is 16.5. The zero-order valence-corrected chi connectivity index (χ0v) is 12.8. The summed E-state index contributed by atoms with van der Waals surface area (Å²) in [6, 6.07) is 8.78. The van der Waals surface area contributed by atoms with E-state index >= 15 is 0 Å². The molecule has 0 saturated heterocycles. The van der Waals surface area contributed by atoms with Crippen LogP contribution in [0.2, 0.25) is 0 Å². The lowest BCUT2D eigenvalue weighted by Crippen LogP contribution is -2.26. The summed E-state index contributed by atoms with van der Waals surface area (Å²) in [7, 11) is 1.52. The van der Waals surface area contributed by atoms with Crippen molar-refractivity contribution < 1.29 is 9.15 Å². The number of fused-ring (bicyclic) bond motifs is 1. The Balaban J connectivity index is 2.07. The molecule has 1 aromatic carbocycles. The molecule has 0 atom stereocenters. The van der Waals surface area contributed by atoms with Crippen LogP contribution in [0.1, 0.15) is 0 Å². The Bertz CT molecular complexity index is 909. The van der Waals surface area contributed by atoms with E-state index in [0.717, 1.165) is 0 Å². The van der Waals surface area contributed by atoms with E-state index in [9.17, 15) is 0 Å².